The van der Waals surface area contributed by atoms with Crippen molar-refractivity contribution < 1.29 is 4.79 Å². The van der Waals surface area contributed by atoms with E-state index in [1.807, 2.05) is 29.6 Å². The standard InChI is InChI=1S/C13H7Br2NOS/c14-7-1-2-8-9(6-16-11(8)5-7)12(17)13-10(15)3-4-18-13/h1-6,16H. The first-order chi connectivity index (χ1) is 8.66. The zero-order chi connectivity index (χ0) is 12.7. The summed E-state index contributed by atoms with van der Waals surface area (Å²) in [6, 6.07) is 7.75. The van der Waals surface area contributed by atoms with E-state index in [1.54, 1.807) is 6.20 Å². The third-order valence-electron chi connectivity index (χ3n) is 2.71. The quantitative estimate of drug-likeness (QED) is 0.620. The lowest BCUT2D eigenvalue weighted by atomic mass is 10.1. The van der Waals surface area contributed by atoms with Gasteiger partial charge in [-0.25, -0.2) is 0 Å². The lowest BCUT2D eigenvalue weighted by Gasteiger charge is -1.98. The topological polar surface area (TPSA) is 32.9 Å². The Bertz CT molecular complexity index is 744. The van der Waals surface area contributed by atoms with Crippen LogP contribution in [0.5, 0.6) is 0 Å². The number of H-pyrrole nitrogens is 1. The number of benzene rings is 1. The van der Waals surface area contributed by atoms with E-state index >= 15 is 0 Å². The van der Waals surface area contributed by atoms with Crippen LogP contribution in [-0.4, -0.2) is 10.8 Å². The fraction of sp³-hybridized carbons (Fsp3) is 0. The van der Waals surface area contributed by atoms with Crippen molar-refractivity contribution in [2.45, 2.75) is 0 Å². The highest BCUT2D eigenvalue weighted by atomic mass is 79.9. The van der Waals surface area contributed by atoms with Crippen LogP contribution in [0.3, 0.4) is 0 Å². The molecule has 0 unspecified atom stereocenters. The molecule has 5 heteroatoms. The van der Waals surface area contributed by atoms with Crippen LogP contribution in [0.4, 0.5) is 0 Å². The third-order valence-corrected chi connectivity index (χ3v) is 5.04. The minimum atomic E-state index is 0.0467. The summed E-state index contributed by atoms with van der Waals surface area (Å²) in [5, 5.41) is 2.85. The lowest BCUT2D eigenvalue weighted by Crippen LogP contribution is -1.97. The maximum atomic E-state index is 12.4. The zero-order valence-electron chi connectivity index (χ0n) is 9.04. The Labute approximate surface area is 124 Å². The smallest absolute Gasteiger partial charge is 0.206 e. The maximum absolute atomic E-state index is 12.4. The van der Waals surface area contributed by atoms with E-state index in [0.29, 0.717) is 5.56 Å². The number of hydrogen-bond donors (Lipinski definition) is 1. The molecule has 0 atom stereocenters. The lowest BCUT2D eigenvalue weighted by molar-refractivity contribution is 0.104. The van der Waals surface area contributed by atoms with E-state index in [4.69, 9.17) is 0 Å². The van der Waals surface area contributed by atoms with E-state index in [9.17, 15) is 4.79 Å². The van der Waals surface area contributed by atoms with Gasteiger partial charge in [0, 0.05) is 31.6 Å². The van der Waals surface area contributed by atoms with Gasteiger partial charge in [0.2, 0.25) is 5.78 Å². The van der Waals surface area contributed by atoms with Gasteiger partial charge in [0.05, 0.1) is 4.88 Å². The van der Waals surface area contributed by atoms with Crippen molar-refractivity contribution in [3.8, 4) is 0 Å². The van der Waals surface area contributed by atoms with E-state index in [2.05, 4.69) is 36.8 Å². The number of halogens is 2. The normalized spacial score (nSPS) is 11.0. The second-order valence-corrected chi connectivity index (χ2v) is 6.51. The summed E-state index contributed by atoms with van der Waals surface area (Å²) in [7, 11) is 0. The molecule has 3 aromatic rings. The van der Waals surface area contributed by atoms with Crippen LogP contribution in [-0.2, 0) is 0 Å². The Balaban J connectivity index is 2.16. The summed E-state index contributed by atoms with van der Waals surface area (Å²) in [6.07, 6.45) is 1.77. The second kappa shape index (κ2) is 4.64. The van der Waals surface area contributed by atoms with Crippen LogP contribution in [0, 0.1) is 0 Å². The second-order valence-electron chi connectivity index (χ2n) is 3.82. The van der Waals surface area contributed by atoms with E-state index in [1.165, 1.54) is 11.3 Å². The molecule has 0 fully saturated rings. The molecule has 0 aliphatic carbocycles. The molecule has 2 aromatic heterocycles. The van der Waals surface area contributed by atoms with Crippen molar-refractivity contribution in [1.82, 2.24) is 4.98 Å². The predicted molar refractivity (Wildman–Crippen MR) is 81.5 cm³/mol. The minimum absolute atomic E-state index is 0.0467. The maximum Gasteiger partial charge on any atom is 0.206 e. The van der Waals surface area contributed by atoms with Crippen molar-refractivity contribution in [2.75, 3.05) is 0 Å². The molecule has 0 saturated heterocycles. The summed E-state index contributed by atoms with van der Waals surface area (Å²) in [5.74, 6) is 0.0467. The van der Waals surface area contributed by atoms with Crippen molar-refractivity contribution in [2.24, 2.45) is 0 Å². The van der Waals surface area contributed by atoms with E-state index in [-0.39, 0.29) is 5.78 Å². The molecule has 0 spiro atoms. The fourth-order valence-corrected chi connectivity index (χ4v) is 3.73. The molecule has 0 aliphatic heterocycles. The molecule has 0 aliphatic rings. The average Bonchev–Trinajstić information content (AvgIpc) is 2.94. The number of aromatic amines is 1. The average molecular weight is 385 g/mol. The van der Waals surface area contributed by atoms with Crippen molar-refractivity contribution >= 4 is 59.9 Å². The van der Waals surface area contributed by atoms with Gasteiger partial charge in [0.15, 0.2) is 0 Å². The molecule has 90 valence electrons. The largest absolute Gasteiger partial charge is 0.360 e. The van der Waals surface area contributed by atoms with Crippen LogP contribution >= 0.6 is 43.2 Å². The van der Waals surface area contributed by atoms with Gasteiger partial charge in [-0.15, -0.1) is 11.3 Å². The van der Waals surface area contributed by atoms with Gasteiger partial charge < -0.3 is 4.98 Å². The van der Waals surface area contributed by atoms with Crippen LogP contribution in [0.1, 0.15) is 15.2 Å². The molecular weight excluding hydrogens is 378 g/mol. The molecule has 1 N–H and O–H groups in total. The summed E-state index contributed by atoms with van der Waals surface area (Å²) in [4.78, 5) is 16.3. The first kappa shape index (κ1) is 12.1. The van der Waals surface area contributed by atoms with Crippen molar-refractivity contribution in [1.29, 1.82) is 0 Å². The minimum Gasteiger partial charge on any atom is -0.360 e. The fourth-order valence-electron chi connectivity index (χ4n) is 1.86. The molecular formula is C13H7Br2NOS. The Hall–Kier alpha value is -0.910. The van der Waals surface area contributed by atoms with Gasteiger partial charge in [-0.1, -0.05) is 22.0 Å². The molecule has 0 saturated carbocycles. The van der Waals surface area contributed by atoms with Crippen LogP contribution < -0.4 is 0 Å². The molecule has 0 radical (unpaired) electrons. The summed E-state index contributed by atoms with van der Waals surface area (Å²) >= 11 is 8.27. The SMILES string of the molecule is O=C(c1sccc1Br)c1c[nH]c2cc(Br)ccc12. The number of ketones is 1. The van der Waals surface area contributed by atoms with Crippen LogP contribution in [0.2, 0.25) is 0 Å². The number of rotatable bonds is 2. The van der Waals surface area contributed by atoms with Crippen molar-refractivity contribution in [3.63, 3.8) is 0 Å². The number of carbonyl (C=O) groups is 1. The first-order valence-corrected chi connectivity index (χ1v) is 7.67. The number of carbonyl (C=O) groups excluding carboxylic acids is 1. The van der Waals surface area contributed by atoms with Crippen molar-refractivity contribution in [3.05, 3.63) is 55.2 Å². The monoisotopic (exact) mass is 383 g/mol. The van der Waals surface area contributed by atoms with Gasteiger partial charge in [0.25, 0.3) is 0 Å². The third kappa shape index (κ3) is 1.96. The summed E-state index contributed by atoms with van der Waals surface area (Å²) in [5.41, 5.74) is 1.67. The van der Waals surface area contributed by atoms with Gasteiger partial charge >= 0.3 is 0 Å². The Morgan fingerprint density at radius 2 is 2.06 bits per heavy atom. The van der Waals surface area contributed by atoms with Gasteiger partial charge in [-0.05, 0) is 39.5 Å². The first-order valence-electron chi connectivity index (χ1n) is 5.21. The number of thiophene rings is 1. The molecule has 1 aromatic carbocycles. The zero-order valence-corrected chi connectivity index (χ0v) is 13.0. The number of hydrogen-bond acceptors (Lipinski definition) is 2. The number of aromatic nitrogens is 1. The van der Waals surface area contributed by atoms with Gasteiger partial charge in [-0.3, -0.25) is 4.79 Å². The Morgan fingerprint density at radius 1 is 1.22 bits per heavy atom. The molecule has 2 nitrogen and oxygen atoms in total. The van der Waals surface area contributed by atoms with Gasteiger partial charge in [0.1, 0.15) is 0 Å². The molecule has 2 heterocycles. The molecule has 0 amide bonds. The van der Waals surface area contributed by atoms with E-state index in [0.717, 1.165) is 24.7 Å². The molecule has 3 rings (SSSR count). The summed E-state index contributed by atoms with van der Waals surface area (Å²) < 4.78 is 1.84. The van der Waals surface area contributed by atoms with Gasteiger partial charge in [-0.2, -0.15) is 0 Å². The summed E-state index contributed by atoms with van der Waals surface area (Å²) in [6.45, 7) is 0. The number of fused-ring (bicyclic) bond motifs is 1. The highest BCUT2D eigenvalue weighted by molar-refractivity contribution is 9.10. The predicted octanol–water partition coefficient (Wildman–Crippen LogP) is 4.99. The van der Waals surface area contributed by atoms with Crippen LogP contribution in [0.25, 0.3) is 10.9 Å². The molecule has 0 bridgehead atoms. The number of nitrogens with one attached hydrogen (secondary N) is 1. The van der Waals surface area contributed by atoms with E-state index < -0.39 is 0 Å². The molecule has 18 heavy (non-hydrogen) atoms. The Morgan fingerprint density at radius 3 is 2.78 bits per heavy atom. The highest BCUT2D eigenvalue weighted by Gasteiger charge is 2.17. The Kier molecular flexibility index (Phi) is 3.13. The highest BCUT2D eigenvalue weighted by Crippen LogP contribution is 2.29. The van der Waals surface area contributed by atoms with Crippen LogP contribution in [0.15, 0.2) is 44.8 Å².